The van der Waals surface area contributed by atoms with Gasteiger partial charge in [-0.15, -0.1) is 0 Å². The van der Waals surface area contributed by atoms with Crippen LogP contribution in [0.3, 0.4) is 0 Å². The van der Waals surface area contributed by atoms with Crippen molar-refractivity contribution in [3.8, 4) is 5.75 Å². The molecule has 0 aliphatic rings. The summed E-state index contributed by atoms with van der Waals surface area (Å²) in [5, 5.41) is 0. The van der Waals surface area contributed by atoms with Crippen LogP contribution in [0.1, 0.15) is 42.1 Å². The average molecular weight is 282 g/mol. The summed E-state index contributed by atoms with van der Waals surface area (Å²) < 4.78 is 5.15. The Morgan fingerprint density at radius 1 is 1.05 bits per heavy atom. The Morgan fingerprint density at radius 3 is 2.19 bits per heavy atom. The van der Waals surface area contributed by atoms with Gasteiger partial charge in [0.25, 0.3) is 0 Å². The Morgan fingerprint density at radius 2 is 1.67 bits per heavy atom. The summed E-state index contributed by atoms with van der Waals surface area (Å²) in [5.41, 5.74) is 1.83. The summed E-state index contributed by atoms with van der Waals surface area (Å²) in [6.45, 7) is 4.26. The van der Waals surface area contributed by atoms with Crippen LogP contribution in [0.25, 0.3) is 0 Å². The maximum atomic E-state index is 12.9. The van der Waals surface area contributed by atoms with Gasteiger partial charge in [0.15, 0.2) is 5.78 Å². The number of hydrogen-bond donors (Lipinski definition) is 0. The van der Waals surface area contributed by atoms with E-state index in [1.807, 2.05) is 54.6 Å². The lowest BCUT2D eigenvalue weighted by Gasteiger charge is -2.22. The van der Waals surface area contributed by atoms with E-state index in [2.05, 4.69) is 13.8 Å². The Kier molecular flexibility index (Phi) is 5.15. The highest BCUT2D eigenvalue weighted by Gasteiger charge is 2.26. The van der Waals surface area contributed by atoms with E-state index >= 15 is 0 Å². The first-order valence-electron chi connectivity index (χ1n) is 7.40. The van der Waals surface area contributed by atoms with Gasteiger partial charge >= 0.3 is 0 Å². The number of ether oxygens (including phenoxy) is 1. The second kappa shape index (κ2) is 7.07. The molecule has 21 heavy (non-hydrogen) atoms. The molecule has 0 aromatic heterocycles. The highest BCUT2D eigenvalue weighted by Crippen LogP contribution is 2.31. The van der Waals surface area contributed by atoms with Crippen LogP contribution in [0.15, 0.2) is 54.6 Å². The molecule has 2 aromatic carbocycles. The predicted octanol–water partition coefficient (Wildman–Crippen LogP) is 4.71. The van der Waals surface area contributed by atoms with E-state index in [0.29, 0.717) is 5.92 Å². The van der Waals surface area contributed by atoms with Crippen LogP contribution in [-0.4, -0.2) is 12.9 Å². The van der Waals surface area contributed by atoms with E-state index in [0.717, 1.165) is 23.3 Å². The van der Waals surface area contributed by atoms with Crippen molar-refractivity contribution in [1.82, 2.24) is 0 Å². The minimum Gasteiger partial charge on any atom is -0.497 e. The van der Waals surface area contributed by atoms with Crippen LogP contribution >= 0.6 is 0 Å². The summed E-state index contributed by atoms with van der Waals surface area (Å²) in [4.78, 5) is 12.9. The van der Waals surface area contributed by atoms with Crippen LogP contribution in [0.2, 0.25) is 0 Å². The summed E-state index contributed by atoms with van der Waals surface area (Å²) in [6.07, 6.45) is 0.974. The molecule has 2 heteroatoms. The summed E-state index contributed by atoms with van der Waals surface area (Å²) in [7, 11) is 1.63. The molecule has 0 heterocycles. The molecule has 0 amide bonds. The van der Waals surface area contributed by atoms with E-state index in [9.17, 15) is 4.79 Å². The van der Waals surface area contributed by atoms with Gasteiger partial charge in [-0.2, -0.15) is 0 Å². The standard InChI is InChI=1S/C19H22O2/c1-4-14(2)18(15-8-6-5-7-9-15)19(20)16-10-12-17(21-3)13-11-16/h5-14,18H,4H2,1-3H3. The zero-order valence-electron chi connectivity index (χ0n) is 12.9. The van der Waals surface area contributed by atoms with Crippen LogP contribution in [-0.2, 0) is 0 Å². The molecule has 0 aliphatic carbocycles. The topological polar surface area (TPSA) is 26.3 Å². The molecule has 0 bridgehead atoms. The Hall–Kier alpha value is -2.09. The largest absolute Gasteiger partial charge is 0.497 e. The molecule has 0 radical (unpaired) electrons. The molecule has 0 saturated carbocycles. The monoisotopic (exact) mass is 282 g/mol. The van der Waals surface area contributed by atoms with Crippen LogP contribution in [0, 0.1) is 5.92 Å². The lowest BCUT2D eigenvalue weighted by atomic mass is 9.80. The number of rotatable bonds is 6. The van der Waals surface area contributed by atoms with Gasteiger partial charge in [0.1, 0.15) is 5.75 Å². The summed E-state index contributed by atoms with van der Waals surface area (Å²) in [5.74, 6) is 1.16. The van der Waals surface area contributed by atoms with Gasteiger partial charge < -0.3 is 4.74 Å². The third-order valence-corrected chi connectivity index (χ3v) is 4.03. The second-order valence-corrected chi connectivity index (χ2v) is 5.37. The summed E-state index contributed by atoms with van der Waals surface area (Å²) >= 11 is 0. The first-order valence-corrected chi connectivity index (χ1v) is 7.40. The third kappa shape index (κ3) is 3.52. The fourth-order valence-electron chi connectivity index (χ4n) is 2.57. The highest BCUT2D eigenvalue weighted by atomic mass is 16.5. The molecule has 0 fully saturated rings. The van der Waals surface area contributed by atoms with Crippen LogP contribution in [0.4, 0.5) is 0 Å². The zero-order valence-corrected chi connectivity index (χ0v) is 12.9. The maximum Gasteiger partial charge on any atom is 0.170 e. The smallest absolute Gasteiger partial charge is 0.170 e. The Bertz CT molecular complexity index is 572. The number of Topliss-reactive ketones (excluding diaryl/α,β-unsaturated/α-hetero) is 1. The van der Waals surface area contributed by atoms with Gasteiger partial charge in [0, 0.05) is 11.5 Å². The normalized spacial score (nSPS) is 13.5. The van der Waals surface area contributed by atoms with E-state index in [4.69, 9.17) is 4.74 Å². The first kappa shape index (κ1) is 15.3. The van der Waals surface area contributed by atoms with Crippen molar-refractivity contribution < 1.29 is 9.53 Å². The number of carbonyl (C=O) groups is 1. The van der Waals surface area contributed by atoms with Gasteiger partial charge in [0.2, 0.25) is 0 Å². The van der Waals surface area contributed by atoms with E-state index in [1.165, 1.54) is 0 Å². The fraction of sp³-hybridized carbons (Fsp3) is 0.316. The second-order valence-electron chi connectivity index (χ2n) is 5.37. The van der Waals surface area contributed by atoms with Crippen molar-refractivity contribution in [2.75, 3.05) is 7.11 Å². The number of hydrogen-bond acceptors (Lipinski definition) is 2. The molecule has 0 N–H and O–H groups in total. The van der Waals surface area contributed by atoms with Crippen molar-refractivity contribution >= 4 is 5.78 Å². The lowest BCUT2D eigenvalue weighted by Crippen LogP contribution is -2.20. The van der Waals surface area contributed by atoms with E-state index in [1.54, 1.807) is 7.11 Å². The molecule has 110 valence electrons. The Balaban J connectivity index is 2.34. The van der Waals surface area contributed by atoms with Crippen molar-refractivity contribution in [2.45, 2.75) is 26.2 Å². The predicted molar refractivity (Wildman–Crippen MR) is 86.0 cm³/mol. The molecule has 0 saturated heterocycles. The lowest BCUT2D eigenvalue weighted by molar-refractivity contribution is 0.0932. The van der Waals surface area contributed by atoms with Crippen LogP contribution in [0.5, 0.6) is 5.75 Å². The molecule has 2 rings (SSSR count). The third-order valence-electron chi connectivity index (χ3n) is 4.03. The molecule has 0 spiro atoms. The van der Waals surface area contributed by atoms with Gasteiger partial charge in [0.05, 0.1) is 7.11 Å². The maximum absolute atomic E-state index is 12.9. The molecule has 2 unspecified atom stereocenters. The van der Waals surface area contributed by atoms with E-state index < -0.39 is 0 Å². The van der Waals surface area contributed by atoms with E-state index in [-0.39, 0.29) is 11.7 Å². The quantitative estimate of drug-likeness (QED) is 0.717. The number of carbonyl (C=O) groups excluding carboxylic acids is 1. The van der Waals surface area contributed by atoms with Gasteiger partial charge in [-0.25, -0.2) is 0 Å². The average Bonchev–Trinajstić information content (AvgIpc) is 2.55. The molecule has 2 nitrogen and oxygen atoms in total. The summed E-state index contributed by atoms with van der Waals surface area (Å²) in [6, 6.07) is 17.4. The molecular formula is C19H22O2. The minimum atomic E-state index is -0.0930. The Labute approximate surface area is 126 Å². The number of benzene rings is 2. The minimum absolute atomic E-state index is 0.0930. The molecule has 0 aliphatic heterocycles. The SMILES string of the molecule is CCC(C)C(C(=O)c1ccc(OC)cc1)c1ccccc1. The van der Waals surface area contributed by atoms with Gasteiger partial charge in [-0.1, -0.05) is 50.6 Å². The zero-order chi connectivity index (χ0) is 15.2. The van der Waals surface area contributed by atoms with Crippen LogP contribution < -0.4 is 4.74 Å². The number of methoxy groups -OCH3 is 1. The van der Waals surface area contributed by atoms with Gasteiger partial charge in [-0.3, -0.25) is 4.79 Å². The molecular weight excluding hydrogens is 260 g/mol. The van der Waals surface area contributed by atoms with Crippen molar-refractivity contribution in [1.29, 1.82) is 0 Å². The highest BCUT2D eigenvalue weighted by molar-refractivity contribution is 6.01. The van der Waals surface area contributed by atoms with Crippen molar-refractivity contribution in [3.05, 3.63) is 65.7 Å². The molecule has 2 aromatic rings. The first-order chi connectivity index (χ1) is 10.2. The number of ketones is 1. The van der Waals surface area contributed by atoms with Crippen molar-refractivity contribution in [2.24, 2.45) is 5.92 Å². The van der Waals surface area contributed by atoms with Gasteiger partial charge in [-0.05, 0) is 35.7 Å². The fourth-order valence-corrected chi connectivity index (χ4v) is 2.57. The molecule has 2 atom stereocenters. The van der Waals surface area contributed by atoms with Crippen molar-refractivity contribution in [3.63, 3.8) is 0 Å².